The Balaban J connectivity index is 2.40. The highest BCUT2D eigenvalue weighted by Gasteiger charge is 2.05. The highest BCUT2D eigenvalue weighted by atomic mass is 14.9. The van der Waals surface area contributed by atoms with Crippen LogP contribution in [-0.4, -0.2) is 21.5 Å². The lowest BCUT2D eigenvalue weighted by Crippen LogP contribution is -2.05. The smallest absolute Gasteiger partial charge is 0.159 e. The van der Waals surface area contributed by atoms with Crippen LogP contribution >= 0.6 is 0 Å². The second kappa shape index (κ2) is 4.81. The number of nitrogens with zero attached hydrogens (tertiary/aromatic N) is 3. The minimum absolute atomic E-state index is 0.603. The summed E-state index contributed by atoms with van der Waals surface area (Å²) in [5, 5.41) is 0. The van der Waals surface area contributed by atoms with Gasteiger partial charge >= 0.3 is 0 Å². The van der Waals surface area contributed by atoms with Crippen molar-refractivity contribution >= 4 is 0 Å². The lowest BCUT2D eigenvalue weighted by molar-refractivity contribution is 0.912. The second-order valence-electron chi connectivity index (χ2n) is 3.60. The lowest BCUT2D eigenvalue weighted by Gasteiger charge is -2.04. The van der Waals surface area contributed by atoms with Gasteiger partial charge in [-0.3, -0.25) is 4.98 Å². The SMILES string of the molecule is Cc1cnccc1-c1nccc(CCN)n1. The van der Waals surface area contributed by atoms with Crippen molar-refractivity contribution < 1.29 is 0 Å². The molecule has 0 aromatic carbocycles. The van der Waals surface area contributed by atoms with Crippen LogP contribution in [0.25, 0.3) is 11.4 Å². The van der Waals surface area contributed by atoms with E-state index in [1.165, 1.54) is 0 Å². The van der Waals surface area contributed by atoms with Crippen molar-refractivity contribution in [3.05, 3.63) is 42.0 Å². The number of hydrogen-bond donors (Lipinski definition) is 1. The van der Waals surface area contributed by atoms with Gasteiger partial charge in [0, 0.05) is 36.3 Å². The van der Waals surface area contributed by atoms with Gasteiger partial charge in [-0.05, 0) is 31.2 Å². The number of hydrogen-bond acceptors (Lipinski definition) is 4. The van der Waals surface area contributed by atoms with Gasteiger partial charge in [-0.2, -0.15) is 0 Å². The fourth-order valence-corrected chi connectivity index (χ4v) is 1.54. The van der Waals surface area contributed by atoms with E-state index >= 15 is 0 Å². The van der Waals surface area contributed by atoms with Gasteiger partial charge in [0.2, 0.25) is 0 Å². The third-order valence-electron chi connectivity index (χ3n) is 2.37. The fourth-order valence-electron chi connectivity index (χ4n) is 1.54. The van der Waals surface area contributed by atoms with E-state index < -0.39 is 0 Å². The average Bonchev–Trinajstić information content (AvgIpc) is 2.30. The maximum Gasteiger partial charge on any atom is 0.159 e. The molecule has 4 heteroatoms. The van der Waals surface area contributed by atoms with Gasteiger partial charge in [-0.1, -0.05) is 0 Å². The molecule has 2 rings (SSSR count). The molecule has 0 saturated carbocycles. The summed E-state index contributed by atoms with van der Waals surface area (Å²) in [4.78, 5) is 12.8. The Labute approximate surface area is 94.6 Å². The molecule has 0 saturated heterocycles. The van der Waals surface area contributed by atoms with Crippen molar-refractivity contribution in [1.82, 2.24) is 15.0 Å². The van der Waals surface area contributed by atoms with Crippen LogP contribution in [0.5, 0.6) is 0 Å². The molecule has 0 bridgehead atoms. The van der Waals surface area contributed by atoms with Crippen LogP contribution in [0.4, 0.5) is 0 Å². The standard InChI is InChI=1S/C12H14N4/c1-9-8-14-6-4-11(9)12-15-7-3-10(16-12)2-5-13/h3-4,6-8H,2,5,13H2,1H3. The first kappa shape index (κ1) is 10.7. The largest absolute Gasteiger partial charge is 0.330 e. The van der Waals surface area contributed by atoms with Gasteiger partial charge < -0.3 is 5.73 Å². The summed E-state index contributed by atoms with van der Waals surface area (Å²) in [5.74, 6) is 0.742. The van der Waals surface area contributed by atoms with E-state index in [-0.39, 0.29) is 0 Å². The number of pyridine rings is 1. The maximum atomic E-state index is 5.51. The van der Waals surface area contributed by atoms with Crippen LogP contribution in [0.2, 0.25) is 0 Å². The third-order valence-corrected chi connectivity index (χ3v) is 2.37. The van der Waals surface area contributed by atoms with Crippen LogP contribution in [0.1, 0.15) is 11.3 Å². The van der Waals surface area contributed by atoms with Crippen LogP contribution in [0, 0.1) is 6.92 Å². The Morgan fingerprint density at radius 3 is 2.88 bits per heavy atom. The normalized spacial score (nSPS) is 10.4. The Bertz CT molecular complexity index is 482. The molecule has 0 aliphatic carbocycles. The molecule has 0 unspecified atom stereocenters. The zero-order valence-electron chi connectivity index (χ0n) is 9.22. The third kappa shape index (κ3) is 2.23. The van der Waals surface area contributed by atoms with E-state index in [4.69, 9.17) is 5.73 Å². The number of aryl methyl sites for hydroxylation is 1. The predicted octanol–water partition coefficient (Wildman–Crippen LogP) is 1.35. The molecule has 0 amide bonds. The van der Waals surface area contributed by atoms with Crippen LogP contribution in [0.3, 0.4) is 0 Å². The molecule has 82 valence electrons. The molecule has 2 N–H and O–H groups in total. The lowest BCUT2D eigenvalue weighted by atomic mass is 10.1. The van der Waals surface area contributed by atoms with Crippen molar-refractivity contribution in [1.29, 1.82) is 0 Å². The number of rotatable bonds is 3. The first-order valence-electron chi connectivity index (χ1n) is 5.24. The summed E-state index contributed by atoms with van der Waals surface area (Å²) in [6, 6.07) is 3.82. The minimum Gasteiger partial charge on any atom is -0.330 e. The van der Waals surface area contributed by atoms with Gasteiger partial charge in [-0.25, -0.2) is 9.97 Å². The van der Waals surface area contributed by atoms with Crippen LogP contribution in [-0.2, 0) is 6.42 Å². The number of nitrogens with two attached hydrogens (primary N) is 1. The van der Waals surface area contributed by atoms with Crippen molar-refractivity contribution in [3.8, 4) is 11.4 Å². The summed E-state index contributed by atoms with van der Waals surface area (Å²) in [6.07, 6.45) is 6.11. The molecule has 16 heavy (non-hydrogen) atoms. The Morgan fingerprint density at radius 1 is 1.25 bits per heavy atom. The Hall–Kier alpha value is -1.81. The molecule has 4 nitrogen and oxygen atoms in total. The zero-order chi connectivity index (χ0) is 11.4. The summed E-state index contributed by atoms with van der Waals surface area (Å²) in [7, 11) is 0. The summed E-state index contributed by atoms with van der Waals surface area (Å²) in [6.45, 7) is 2.60. The Morgan fingerprint density at radius 2 is 2.12 bits per heavy atom. The maximum absolute atomic E-state index is 5.51. The molecule has 2 aromatic rings. The van der Waals surface area contributed by atoms with E-state index in [1.807, 2.05) is 25.3 Å². The van der Waals surface area contributed by atoms with E-state index in [0.717, 1.165) is 29.1 Å². The molecule has 0 spiro atoms. The van der Waals surface area contributed by atoms with Crippen molar-refractivity contribution in [2.24, 2.45) is 5.73 Å². The number of aromatic nitrogens is 3. The predicted molar refractivity (Wildman–Crippen MR) is 62.8 cm³/mol. The molecule has 2 heterocycles. The topological polar surface area (TPSA) is 64.7 Å². The molecule has 0 atom stereocenters. The molecule has 2 aromatic heterocycles. The van der Waals surface area contributed by atoms with Gasteiger partial charge in [0.15, 0.2) is 5.82 Å². The van der Waals surface area contributed by atoms with E-state index in [1.54, 1.807) is 12.4 Å². The highest BCUT2D eigenvalue weighted by Crippen LogP contribution is 2.17. The fraction of sp³-hybridized carbons (Fsp3) is 0.250. The van der Waals surface area contributed by atoms with Crippen molar-refractivity contribution in [2.45, 2.75) is 13.3 Å². The summed E-state index contributed by atoms with van der Waals surface area (Å²) >= 11 is 0. The summed E-state index contributed by atoms with van der Waals surface area (Å²) < 4.78 is 0. The second-order valence-corrected chi connectivity index (χ2v) is 3.60. The average molecular weight is 214 g/mol. The minimum atomic E-state index is 0.603. The van der Waals surface area contributed by atoms with Gasteiger partial charge in [0.25, 0.3) is 0 Å². The van der Waals surface area contributed by atoms with E-state index in [9.17, 15) is 0 Å². The van der Waals surface area contributed by atoms with E-state index in [0.29, 0.717) is 6.54 Å². The molecular formula is C12H14N4. The molecule has 0 aliphatic heterocycles. The van der Waals surface area contributed by atoms with Gasteiger partial charge in [-0.15, -0.1) is 0 Å². The van der Waals surface area contributed by atoms with Crippen LogP contribution in [0.15, 0.2) is 30.7 Å². The van der Waals surface area contributed by atoms with Crippen LogP contribution < -0.4 is 5.73 Å². The molecule has 0 fully saturated rings. The first-order valence-corrected chi connectivity index (χ1v) is 5.24. The van der Waals surface area contributed by atoms with Gasteiger partial charge in [0.1, 0.15) is 0 Å². The highest BCUT2D eigenvalue weighted by molar-refractivity contribution is 5.58. The zero-order valence-corrected chi connectivity index (χ0v) is 9.22. The van der Waals surface area contributed by atoms with E-state index in [2.05, 4.69) is 15.0 Å². The Kier molecular flexibility index (Phi) is 3.22. The van der Waals surface area contributed by atoms with Crippen molar-refractivity contribution in [3.63, 3.8) is 0 Å². The molecule has 0 aliphatic rings. The monoisotopic (exact) mass is 214 g/mol. The van der Waals surface area contributed by atoms with Gasteiger partial charge in [0.05, 0.1) is 0 Å². The first-order chi connectivity index (χ1) is 7.81. The molecule has 0 radical (unpaired) electrons. The summed E-state index contributed by atoms with van der Waals surface area (Å²) in [5.41, 5.74) is 8.58. The quantitative estimate of drug-likeness (QED) is 0.837. The van der Waals surface area contributed by atoms with Crippen molar-refractivity contribution in [2.75, 3.05) is 6.54 Å². The molecular weight excluding hydrogens is 200 g/mol.